The van der Waals surface area contributed by atoms with Crippen molar-refractivity contribution in [2.75, 3.05) is 46.8 Å². The Labute approximate surface area is 151 Å². The van der Waals surface area contributed by atoms with Crippen LogP contribution in [0.3, 0.4) is 0 Å². The maximum atomic E-state index is 12.2. The summed E-state index contributed by atoms with van der Waals surface area (Å²) in [5, 5.41) is 0. The van der Waals surface area contributed by atoms with Crippen molar-refractivity contribution in [3.63, 3.8) is 0 Å². The molecule has 2 fully saturated rings. The van der Waals surface area contributed by atoms with Crippen molar-refractivity contribution < 1.29 is 9.53 Å². The van der Waals surface area contributed by atoms with E-state index >= 15 is 0 Å². The van der Waals surface area contributed by atoms with Gasteiger partial charge in [0.15, 0.2) is 0 Å². The van der Waals surface area contributed by atoms with E-state index in [1.54, 1.807) is 0 Å². The summed E-state index contributed by atoms with van der Waals surface area (Å²) in [5.74, 6) is 0. The van der Waals surface area contributed by atoms with Crippen molar-refractivity contribution in [3.8, 4) is 0 Å². The molecule has 1 aromatic carbocycles. The minimum Gasteiger partial charge on any atom is -0.441 e. The Bertz CT molecular complexity index is 594. The normalized spacial score (nSPS) is 20.5. The monoisotopic (exact) mass is 345 g/mol. The second-order valence-corrected chi connectivity index (χ2v) is 7.83. The fourth-order valence-electron chi connectivity index (χ4n) is 3.85. The van der Waals surface area contributed by atoms with Gasteiger partial charge in [0.1, 0.15) is 5.60 Å². The van der Waals surface area contributed by atoms with E-state index in [1.165, 1.54) is 11.1 Å². The predicted molar refractivity (Wildman–Crippen MR) is 99.6 cm³/mol. The molecular formula is C20H31N3O2. The third-order valence-corrected chi connectivity index (χ3v) is 5.50. The van der Waals surface area contributed by atoms with Crippen LogP contribution in [-0.2, 0) is 11.3 Å². The van der Waals surface area contributed by atoms with Gasteiger partial charge in [-0.25, -0.2) is 4.79 Å². The SMILES string of the molecule is Cc1ccccc1CN1CCC2(CC1)CN(CCCN(C)C)C(=O)O2. The highest BCUT2D eigenvalue weighted by Crippen LogP contribution is 2.33. The summed E-state index contributed by atoms with van der Waals surface area (Å²) in [7, 11) is 4.13. The van der Waals surface area contributed by atoms with Crippen molar-refractivity contribution in [1.82, 2.24) is 14.7 Å². The molecule has 0 unspecified atom stereocenters. The summed E-state index contributed by atoms with van der Waals surface area (Å²) in [6.07, 6.45) is 2.76. The highest BCUT2D eigenvalue weighted by molar-refractivity contribution is 5.70. The second-order valence-electron chi connectivity index (χ2n) is 7.83. The lowest BCUT2D eigenvalue weighted by Gasteiger charge is -2.37. The molecule has 2 heterocycles. The van der Waals surface area contributed by atoms with Crippen LogP contribution in [0.1, 0.15) is 30.4 Å². The van der Waals surface area contributed by atoms with Crippen LogP contribution >= 0.6 is 0 Å². The number of hydrogen-bond donors (Lipinski definition) is 0. The molecule has 1 amide bonds. The van der Waals surface area contributed by atoms with E-state index in [0.717, 1.165) is 58.5 Å². The Balaban J connectivity index is 1.50. The largest absolute Gasteiger partial charge is 0.441 e. The standard InChI is InChI=1S/C20H31N3O2/c1-17-7-4-5-8-18(17)15-22-13-9-20(10-14-22)16-23(19(24)25-20)12-6-11-21(2)3/h4-5,7-8H,6,9-16H2,1-3H3. The number of ether oxygens (including phenoxy) is 1. The van der Waals surface area contributed by atoms with E-state index in [9.17, 15) is 4.79 Å². The summed E-state index contributed by atoms with van der Waals surface area (Å²) < 4.78 is 5.83. The molecule has 0 aromatic heterocycles. The van der Waals surface area contributed by atoms with Crippen molar-refractivity contribution in [3.05, 3.63) is 35.4 Å². The molecule has 0 radical (unpaired) electrons. The zero-order chi connectivity index (χ0) is 17.9. The maximum Gasteiger partial charge on any atom is 0.410 e. The molecule has 0 N–H and O–H groups in total. The number of benzene rings is 1. The fraction of sp³-hybridized carbons (Fsp3) is 0.650. The van der Waals surface area contributed by atoms with Crippen LogP contribution in [0.2, 0.25) is 0 Å². The fourth-order valence-corrected chi connectivity index (χ4v) is 3.85. The summed E-state index contributed by atoms with van der Waals surface area (Å²) in [6, 6.07) is 8.58. The Kier molecular flexibility index (Phi) is 5.64. The molecule has 2 saturated heterocycles. The van der Waals surface area contributed by atoms with Crippen LogP contribution in [0.15, 0.2) is 24.3 Å². The molecule has 0 aliphatic carbocycles. The van der Waals surface area contributed by atoms with E-state index in [4.69, 9.17) is 4.74 Å². The zero-order valence-corrected chi connectivity index (χ0v) is 15.8. The van der Waals surface area contributed by atoms with Gasteiger partial charge in [0.2, 0.25) is 0 Å². The minimum atomic E-state index is -0.253. The number of piperidine rings is 1. The number of aryl methyl sites for hydroxylation is 1. The van der Waals surface area contributed by atoms with Crippen LogP contribution in [0.4, 0.5) is 4.79 Å². The van der Waals surface area contributed by atoms with Crippen molar-refractivity contribution in [2.45, 2.75) is 38.3 Å². The molecule has 1 spiro atoms. The first-order valence-corrected chi connectivity index (χ1v) is 9.37. The van der Waals surface area contributed by atoms with E-state index in [-0.39, 0.29) is 11.7 Å². The Morgan fingerprint density at radius 1 is 1.20 bits per heavy atom. The van der Waals surface area contributed by atoms with E-state index in [2.05, 4.69) is 55.1 Å². The smallest absolute Gasteiger partial charge is 0.410 e. The molecule has 0 bridgehead atoms. The van der Waals surface area contributed by atoms with Gasteiger partial charge in [0.25, 0.3) is 0 Å². The van der Waals surface area contributed by atoms with Crippen LogP contribution in [0, 0.1) is 6.92 Å². The molecule has 5 nitrogen and oxygen atoms in total. The first-order chi connectivity index (χ1) is 12.0. The molecular weight excluding hydrogens is 314 g/mol. The summed E-state index contributed by atoms with van der Waals surface area (Å²) in [6.45, 7) is 7.71. The minimum absolute atomic E-state index is 0.119. The number of amides is 1. The van der Waals surface area contributed by atoms with Gasteiger partial charge in [-0.2, -0.15) is 0 Å². The van der Waals surface area contributed by atoms with Gasteiger partial charge in [0, 0.05) is 39.0 Å². The number of carbonyl (C=O) groups is 1. The Morgan fingerprint density at radius 3 is 2.60 bits per heavy atom. The summed E-state index contributed by atoms with van der Waals surface area (Å²) in [4.78, 5) is 18.8. The Hall–Kier alpha value is -1.59. The van der Waals surface area contributed by atoms with Crippen molar-refractivity contribution in [1.29, 1.82) is 0 Å². The first kappa shape index (κ1) is 18.2. The summed E-state index contributed by atoms with van der Waals surface area (Å²) in [5.41, 5.74) is 2.49. The molecule has 3 rings (SSSR count). The molecule has 1 aromatic rings. The zero-order valence-electron chi connectivity index (χ0n) is 15.8. The maximum absolute atomic E-state index is 12.2. The molecule has 2 aliphatic rings. The van der Waals surface area contributed by atoms with Gasteiger partial charge in [-0.3, -0.25) is 4.90 Å². The van der Waals surface area contributed by atoms with Gasteiger partial charge in [-0.1, -0.05) is 24.3 Å². The highest BCUT2D eigenvalue weighted by atomic mass is 16.6. The predicted octanol–water partition coefficient (Wildman–Crippen LogP) is 2.73. The number of rotatable bonds is 6. The van der Waals surface area contributed by atoms with Crippen LogP contribution in [0.25, 0.3) is 0 Å². The van der Waals surface area contributed by atoms with Crippen LogP contribution in [0.5, 0.6) is 0 Å². The van der Waals surface area contributed by atoms with E-state index in [1.807, 2.05) is 4.90 Å². The van der Waals surface area contributed by atoms with Gasteiger partial charge >= 0.3 is 6.09 Å². The van der Waals surface area contributed by atoms with E-state index in [0.29, 0.717) is 0 Å². The van der Waals surface area contributed by atoms with Crippen LogP contribution in [-0.4, -0.2) is 73.2 Å². The second kappa shape index (κ2) is 7.75. The van der Waals surface area contributed by atoms with Gasteiger partial charge in [-0.05, 0) is 45.1 Å². The van der Waals surface area contributed by atoms with Gasteiger partial charge < -0.3 is 14.5 Å². The number of likely N-dealkylation sites (tertiary alicyclic amines) is 1. The first-order valence-electron chi connectivity index (χ1n) is 9.37. The molecule has 0 atom stereocenters. The lowest BCUT2D eigenvalue weighted by atomic mass is 9.91. The topological polar surface area (TPSA) is 36.0 Å². The number of hydrogen-bond acceptors (Lipinski definition) is 4. The molecule has 5 heteroatoms. The summed E-state index contributed by atoms with van der Waals surface area (Å²) >= 11 is 0. The van der Waals surface area contributed by atoms with E-state index < -0.39 is 0 Å². The van der Waals surface area contributed by atoms with Crippen molar-refractivity contribution in [2.24, 2.45) is 0 Å². The van der Waals surface area contributed by atoms with Crippen LogP contribution < -0.4 is 0 Å². The molecule has 25 heavy (non-hydrogen) atoms. The highest BCUT2D eigenvalue weighted by Gasteiger charge is 2.46. The average Bonchev–Trinajstić information content (AvgIpc) is 2.87. The van der Waals surface area contributed by atoms with Gasteiger partial charge in [-0.15, -0.1) is 0 Å². The average molecular weight is 345 g/mol. The quantitative estimate of drug-likeness (QED) is 0.794. The van der Waals surface area contributed by atoms with Crippen molar-refractivity contribution >= 4 is 6.09 Å². The lowest BCUT2D eigenvalue weighted by Crippen LogP contribution is -2.46. The number of carbonyl (C=O) groups excluding carboxylic acids is 1. The lowest BCUT2D eigenvalue weighted by molar-refractivity contribution is -0.00127. The molecule has 138 valence electrons. The van der Waals surface area contributed by atoms with Gasteiger partial charge in [0.05, 0.1) is 6.54 Å². The molecule has 0 saturated carbocycles. The Morgan fingerprint density at radius 2 is 1.92 bits per heavy atom. The number of nitrogens with zero attached hydrogens (tertiary/aromatic N) is 3. The third-order valence-electron chi connectivity index (χ3n) is 5.50. The third kappa shape index (κ3) is 4.53. The molecule has 2 aliphatic heterocycles.